The van der Waals surface area contributed by atoms with Gasteiger partial charge in [-0.1, -0.05) is 136 Å². The van der Waals surface area contributed by atoms with Crippen LogP contribution in [-0.4, -0.2) is 26.2 Å². The van der Waals surface area contributed by atoms with E-state index in [9.17, 15) is 9.59 Å². The summed E-state index contributed by atoms with van der Waals surface area (Å²) in [6.45, 7) is 9.81. The van der Waals surface area contributed by atoms with Crippen LogP contribution in [0.15, 0.2) is 24.3 Å². The minimum Gasteiger partial charge on any atom is -0.466 e. The Morgan fingerprint density at radius 3 is 1.39 bits per heavy atom. The smallest absolute Gasteiger partial charge is 0.333 e. The molecule has 0 unspecified atom stereocenters. The molecule has 0 bridgehead atoms. The molecule has 0 atom stereocenters. The molecule has 1 saturated carbocycles. The van der Waals surface area contributed by atoms with Gasteiger partial charge < -0.3 is 9.47 Å². The second-order valence-electron chi connectivity index (χ2n) is 10.5. The van der Waals surface area contributed by atoms with Crippen molar-refractivity contribution in [3.63, 3.8) is 0 Å². The van der Waals surface area contributed by atoms with Crippen molar-refractivity contribution < 1.29 is 19.1 Å². The maximum absolute atomic E-state index is 11.2. The number of rotatable bonds is 20. The summed E-state index contributed by atoms with van der Waals surface area (Å²) < 4.78 is 9.28. The summed E-state index contributed by atoms with van der Waals surface area (Å²) >= 11 is 0. The van der Waals surface area contributed by atoms with E-state index in [-0.39, 0.29) is 11.9 Å². The Morgan fingerprint density at radius 2 is 1.00 bits per heavy atom. The number of carbonyl (C=O) groups excluding carboxylic acids is 2. The predicted octanol–water partition coefficient (Wildman–Crippen LogP) is 9.66. The van der Waals surface area contributed by atoms with Gasteiger partial charge >= 0.3 is 11.9 Å². The summed E-state index contributed by atoms with van der Waals surface area (Å²) in [7, 11) is 2.83. The largest absolute Gasteiger partial charge is 0.466 e. The van der Waals surface area contributed by atoms with Gasteiger partial charge in [0.2, 0.25) is 0 Å². The number of unbranched alkanes of at least 4 members (excludes halogenated alkanes) is 15. The van der Waals surface area contributed by atoms with Crippen molar-refractivity contribution in [1.29, 1.82) is 0 Å². The van der Waals surface area contributed by atoms with Crippen LogP contribution in [0.4, 0.5) is 0 Å². The van der Waals surface area contributed by atoms with Crippen molar-refractivity contribution in [1.82, 2.24) is 0 Å². The Balaban J connectivity index is 0.000000846. The maximum Gasteiger partial charge on any atom is 0.333 e. The highest BCUT2D eigenvalue weighted by atomic mass is 16.5. The van der Waals surface area contributed by atoms with E-state index < -0.39 is 0 Å². The van der Waals surface area contributed by atoms with Gasteiger partial charge in [-0.2, -0.15) is 0 Å². The van der Waals surface area contributed by atoms with E-state index in [1.807, 2.05) is 0 Å². The second kappa shape index (κ2) is 25.1. The second-order valence-corrected chi connectivity index (χ2v) is 10.5. The van der Waals surface area contributed by atoms with Crippen LogP contribution >= 0.6 is 0 Å². The first-order valence-corrected chi connectivity index (χ1v) is 15.0. The quantitative estimate of drug-likeness (QED) is 0.0936. The summed E-state index contributed by atoms with van der Waals surface area (Å²) in [6, 6.07) is 0. The molecule has 0 amide bonds. The summed E-state index contributed by atoms with van der Waals surface area (Å²) in [5.41, 5.74) is 1.28. The van der Waals surface area contributed by atoms with Gasteiger partial charge in [-0.05, 0) is 31.6 Å². The first-order chi connectivity index (χ1) is 17.5. The van der Waals surface area contributed by atoms with E-state index in [1.165, 1.54) is 130 Å². The summed E-state index contributed by atoms with van der Waals surface area (Å²) in [5.74, 6) is -0.107. The zero-order chi connectivity index (χ0) is 26.9. The molecule has 4 heteroatoms. The Labute approximate surface area is 223 Å². The molecule has 0 N–H and O–H groups in total. The zero-order valence-corrected chi connectivity index (χ0v) is 24.2. The van der Waals surface area contributed by atoms with Gasteiger partial charge in [-0.25, -0.2) is 9.59 Å². The van der Waals surface area contributed by atoms with Crippen LogP contribution in [-0.2, 0) is 19.1 Å². The van der Waals surface area contributed by atoms with E-state index >= 15 is 0 Å². The number of esters is 2. The molecule has 1 aliphatic rings. The molecule has 4 nitrogen and oxygen atoms in total. The molecule has 0 spiro atoms. The Morgan fingerprint density at radius 1 is 0.611 bits per heavy atom. The predicted molar refractivity (Wildman–Crippen MR) is 153 cm³/mol. The van der Waals surface area contributed by atoms with Gasteiger partial charge in [0.1, 0.15) is 0 Å². The van der Waals surface area contributed by atoms with Gasteiger partial charge in [0.25, 0.3) is 0 Å². The van der Waals surface area contributed by atoms with Gasteiger partial charge in [0, 0.05) is 11.1 Å². The van der Waals surface area contributed by atoms with Crippen LogP contribution in [0.1, 0.15) is 148 Å². The van der Waals surface area contributed by atoms with Crippen molar-refractivity contribution in [3.8, 4) is 0 Å². The Kier molecular flexibility index (Phi) is 24.0. The van der Waals surface area contributed by atoms with Gasteiger partial charge in [0.05, 0.1) is 14.2 Å². The van der Waals surface area contributed by atoms with Crippen LogP contribution < -0.4 is 0 Å². The van der Waals surface area contributed by atoms with Gasteiger partial charge in [0.15, 0.2) is 0 Å². The standard InChI is InChI=1S/C22H42O2.C10H16O2/c1-4-5-6-7-8-9-10-11-12-13-14-15-16-17-18-19-20-21(2)22(23)24-3;1-8(10(11)12-2)9-6-4-3-5-7-9/h2,4-20H2,1,3H3;9H,1,3-7H2,2H3. The van der Waals surface area contributed by atoms with Crippen molar-refractivity contribution in [2.45, 2.75) is 148 Å². The SMILES string of the molecule is C=C(C(=O)OC)C1CCCCC1.C=C(CCCCCCCCCCCCCCCCCC)C(=O)OC. The number of ether oxygens (including phenoxy) is 2. The number of carbonyl (C=O) groups is 2. The average Bonchev–Trinajstić information content (AvgIpc) is 2.92. The summed E-state index contributed by atoms with van der Waals surface area (Å²) in [5, 5.41) is 0. The third-order valence-electron chi connectivity index (χ3n) is 7.35. The van der Waals surface area contributed by atoms with Gasteiger partial charge in [-0.15, -0.1) is 0 Å². The Bertz CT molecular complexity index is 575. The fourth-order valence-corrected chi connectivity index (χ4v) is 4.88. The van der Waals surface area contributed by atoms with Crippen molar-refractivity contribution >= 4 is 11.9 Å². The monoisotopic (exact) mass is 506 g/mol. The topological polar surface area (TPSA) is 52.6 Å². The molecule has 0 saturated heterocycles. The van der Waals surface area contributed by atoms with Crippen LogP contribution in [0.5, 0.6) is 0 Å². The number of hydrogen-bond acceptors (Lipinski definition) is 4. The molecule has 1 fully saturated rings. The molecule has 0 aromatic carbocycles. The van der Waals surface area contributed by atoms with Crippen molar-refractivity contribution in [2.75, 3.05) is 14.2 Å². The van der Waals surface area contributed by atoms with Crippen molar-refractivity contribution in [3.05, 3.63) is 24.3 Å². The zero-order valence-electron chi connectivity index (χ0n) is 24.2. The summed E-state index contributed by atoms with van der Waals surface area (Å²) in [6.07, 6.45) is 28.6. The van der Waals surface area contributed by atoms with E-state index in [1.54, 1.807) is 0 Å². The van der Waals surface area contributed by atoms with E-state index in [0.29, 0.717) is 17.1 Å². The third kappa shape index (κ3) is 19.6. The molecule has 1 rings (SSSR count). The third-order valence-corrected chi connectivity index (χ3v) is 7.35. The molecular formula is C32H58O4. The molecule has 0 heterocycles. The highest BCUT2D eigenvalue weighted by Crippen LogP contribution is 2.29. The van der Waals surface area contributed by atoms with Crippen molar-refractivity contribution in [2.24, 2.45) is 5.92 Å². The number of hydrogen-bond donors (Lipinski definition) is 0. The minimum absolute atomic E-state index is 0.234. The lowest BCUT2D eigenvalue weighted by atomic mass is 9.84. The molecular weight excluding hydrogens is 448 g/mol. The molecule has 36 heavy (non-hydrogen) atoms. The number of methoxy groups -OCH3 is 2. The lowest BCUT2D eigenvalue weighted by Gasteiger charge is -2.21. The fourth-order valence-electron chi connectivity index (χ4n) is 4.88. The highest BCUT2D eigenvalue weighted by molar-refractivity contribution is 5.88. The highest BCUT2D eigenvalue weighted by Gasteiger charge is 2.21. The van der Waals surface area contributed by atoms with E-state index in [4.69, 9.17) is 0 Å². The normalized spacial score (nSPS) is 13.4. The summed E-state index contributed by atoms with van der Waals surface area (Å²) in [4.78, 5) is 22.3. The Hall–Kier alpha value is -1.58. The molecule has 0 aromatic heterocycles. The fraction of sp³-hybridized carbons (Fsp3) is 0.812. The van der Waals surface area contributed by atoms with E-state index in [0.717, 1.165) is 25.7 Å². The molecule has 0 aromatic rings. The van der Waals surface area contributed by atoms with Crippen LogP contribution in [0, 0.1) is 5.92 Å². The van der Waals surface area contributed by atoms with Crippen LogP contribution in [0.25, 0.3) is 0 Å². The van der Waals surface area contributed by atoms with Crippen LogP contribution in [0.3, 0.4) is 0 Å². The maximum atomic E-state index is 11.2. The molecule has 1 aliphatic carbocycles. The van der Waals surface area contributed by atoms with E-state index in [2.05, 4.69) is 29.6 Å². The molecule has 0 aliphatic heterocycles. The molecule has 210 valence electrons. The van der Waals surface area contributed by atoms with Gasteiger partial charge in [-0.3, -0.25) is 0 Å². The first-order valence-electron chi connectivity index (χ1n) is 15.0. The molecule has 0 radical (unpaired) electrons. The average molecular weight is 507 g/mol. The lowest BCUT2D eigenvalue weighted by Crippen LogP contribution is -2.16. The van der Waals surface area contributed by atoms with Crippen LogP contribution in [0.2, 0.25) is 0 Å². The lowest BCUT2D eigenvalue weighted by molar-refractivity contribution is -0.137. The minimum atomic E-state index is -0.254. The first kappa shape index (κ1) is 34.4.